The fourth-order valence-electron chi connectivity index (χ4n) is 1.00. The molecular weight excluding hydrogens is 287 g/mol. The highest BCUT2D eigenvalue weighted by atomic mass is 79.9. The minimum absolute atomic E-state index is 0.0780. The molecule has 1 aromatic rings. The molecule has 6 heteroatoms. The third-order valence-electron chi connectivity index (χ3n) is 1.62. The van der Waals surface area contributed by atoms with Crippen molar-refractivity contribution in [3.05, 3.63) is 34.1 Å². The van der Waals surface area contributed by atoms with Gasteiger partial charge in [-0.3, -0.25) is 9.00 Å². The molecule has 0 saturated heterocycles. The summed E-state index contributed by atoms with van der Waals surface area (Å²) < 4.78 is 25.0. The van der Waals surface area contributed by atoms with Crippen molar-refractivity contribution in [2.24, 2.45) is 0 Å². The summed E-state index contributed by atoms with van der Waals surface area (Å²) in [6.45, 7) is 0. The largest absolute Gasteiger partial charge is 0.481 e. The van der Waals surface area contributed by atoms with Crippen LogP contribution >= 0.6 is 15.9 Å². The lowest BCUT2D eigenvalue weighted by molar-refractivity contribution is -0.133. The smallest absolute Gasteiger partial charge is 0.316 e. The van der Waals surface area contributed by atoms with Gasteiger partial charge in [0.25, 0.3) is 0 Å². The SMILES string of the molecule is O=C(O)CS(=O)Cc1ccc(Br)cc1F. The molecular formula is C9H8BrFO3S. The molecule has 15 heavy (non-hydrogen) atoms. The summed E-state index contributed by atoms with van der Waals surface area (Å²) in [5, 5.41) is 8.38. The van der Waals surface area contributed by atoms with E-state index in [1.165, 1.54) is 12.1 Å². The highest BCUT2D eigenvalue weighted by Crippen LogP contribution is 2.16. The normalized spacial score (nSPS) is 12.4. The second kappa shape index (κ2) is 5.37. The average Bonchev–Trinajstić information content (AvgIpc) is 2.08. The molecule has 0 radical (unpaired) electrons. The maximum absolute atomic E-state index is 13.2. The first-order chi connectivity index (χ1) is 6.99. The molecule has 0 heterocycles. The van der Waals surface area contributed by atoms with Crippen LogP contribution in [0.15, 0.2) is 22.7 Å². The molecule has 1 rings (SSSR count). The Labute approximate surface area is 96.9 Å². The van der Waals surface area contributed by atoms with Gasteiger partial charge >= 0.3 is 5.97 Å². The van der Waals surface area contributed by atoms with Gasteiger partial charge in [0.05, 0.1) is 5.75 Å². The highest BCUT2D eigenvalue weighted by molar-refractivity contribution is 9.10. The zero-order chi connectivity index (χ0) is 11.4. The first-order valence-electron chi connectivity index (χ1n) is 3.99. The minimum atomic E-state index is -1.57. The number of halogens is 2. The van der Waals surface area contributed by atoms with Crippen LogP contribution in [-0.2, 0) is 21.3 Å². The lowest BCUT2D eigenvalue weighted by Gasteiger charge is -2.02. The van der Waals surface area contributed by atoms with Gasteiger partial charge in [0.1, 0.15) is 11.6 Å². The Kier molecular flexibility index (Phi) is 4.41. The summed E-state index contributed by atoms with van der Waals surface area (Å²) in [7, 11) is -1.57. The number of carbonyl (C=O) groups is 1. The van der Waals surface area contributed by atoms with Crippen molar-refractivity contribution in [3.63, 3.8) is 0 Å². The first kappa shape index (κ1) is 12.3. The molecule has 82 valence electrons. The molecule has 0 fully saturated rings. The van der Waals surface area contributed by atoms with Crippen molar-refractivity contribution in [1.82, 2.24) is 0 Å². The fraction of sp³-hybridized carbons (Fsp3) is 0.222. The second-order valence-corrected chi connectivity index (χ2v) is 5.23. The van der Waals surface area contributed by atoms with E-state index < -0.39 is 28.3 Å². The maximum Gasteiger partial charge on any atom is 0.316 e. The lowest BCUT2D eigenvalue weighted by atomic mass is 10.2. The van der Waals surface area contributed by atoms with Gasteiger partial charge in [-0.25, -0.2) is 4.39 Å². The molecule has 0 bridgehead atoms. The predicted octanol–water partition coefficient (Wildman–Crippen LogP) is 1.92. The van der Waals surface area contributed by atoms with Crippen LogP contribution in [0.1, 0.15) is 5.56 Å². The summed E-state index contributed by atoms with van der Waals surface area (Å²) in [5.74, 6) is -2.17. The van der Waals surface area contributed by atoms with Gasteiger partial charge in [-0.05, 0) is 12.1 Å². The lowest BCUT2D eigenvalue weighted by Crippen LogP contribution is -2.11. The number of hydrogen-bond acceptors (Lipinski definition) is 2. The first-order valence-corrected chi connectivity index (χ1v) is 6.28. The Bertz CT molecular complexity index is 408. The van der Waals surface area contributed by atoms with Gasteiger partial charge in [-0.1, -0.05) is 22.0 Å². The van der Waals surface area contributed by atoms with Crippen molar-refractivity contribution in [2.45, 2.75) is 5.75 Å². The zero-order valence-corrected chi connectivity index (χ0v) is 9.98. The molecule has 0 saturated carbocycles. The summed E-state index contributed by atoms with van der Waals surface area (Å²) in [4.78, 5) is 10.2. The maximum atomic E-state index is 13.2. The number of aliphatic carboxylic acids is 1. The molecule has 0 aliphatic rings. The zero-order valence-electron chi connectivity index (χ0n) is 7.57. The van der Waals surface area contributed by atoms with Crippen LogP contribution in [0.4, 0.5) is 4.39 Å². The number of rotatable bonds is 4. The van der Waals surface area contributed by atoms with Crippen LogP contribution in [0.2, 0.25) is 0 Å². The van der Waals surface area contributed by atoms with E-state index in [0.717, 1.165) is 0 Å². The average molecular weight is 295 g/mol. The van der Waals surface area contributed by atoms with Crippen LogP contribution in [0.3, 0.4) is 0 Å². The van der Waals surface area contributed by atoms with Gasteiger partial charge in [0, 0.05) is 20.8 Å². The Morgan fingerprint density at radius 1 is 1.53 bits per heavy atom. The Hall–Kier alpha value is -0.750. The summed E-state index contributed by atoms with van der Waals surface area (Å²) in [6.07, 6.45) is 0. The van der Waals surface area contributed by atoms with E-state index in [1.807, 2.05) is 0 Å². The van der Waals surface area contributed by atoms with Crippen molar-refractivity contribution in [1.29, 1.82) is 0 Å². The molecule has 0 aliphatic carbocycles. The van der Waals surface area contributed by atoms with Crippen LogP contribution in [0.25, 0.3) is 0 Å². The van der Waals surface area contributed by atoms with Crippen LogP contribution < -0.4 is 0 Å². The standard InChI is InChI=1S/C9H8BrFO3S/c10-7-2-1-6(8(11)3-7)4-15(14)5-9(12)13/h1-3H,4-5H2,(H,12,13). The topological polar surface area (TPSA) is 54.4 Å². The summed E-state index contributed by atoms with van der Waals surface area (Å²) >= 11 is 3.09. The van der Waals surface area contributed by atoms with Gasteiger partial charge in [0.2, 0.25) is 0 Å². The number of carboxylic acid groups (broad SMARTS) is 1. The molecule has 0 aromatic heterocycles. The van der Waals surface area contributed by atoms with E-state index in [4.69, 9.17) is 5.11 Å². The Balaban J connectivity index is 2.72. The van der Waals surface area contributed by atoms with Gasteiger partial charge in [-0.2, -0.15) is 0 Å². The molecule has 1 N–H and O–H groups in total. The number of benzene rings is 1. The molecule has 0 amide bonds. The van der Waals surface area contributed by atoms with E-state index in [0.29, 0.717) is 4.47 Å². The van der Waals surface area contributed by atoms with Crippen molar-refractivity contribution < 1.29 is 18.5 Å². The van der Waals surface area contributed by atoms with E-state index in [-0.39, 0.29) is 11.3 Å². The van der Waals surface area contributed by atoms with E-state index in [9.17, 15) is 13.4 Å². The fourth-order valence-corrected chi connectivity index (χ4v) is 2.29. The summed E-state index contributed by atoms with van der Waals surface area (Å²) in [5.41, 5.74) is 0.262. The van der Waals surface area contributed by atoms with E-state index in [2.05, 4.69) is 15.9 Å². The molecule has 0 spiro atoms. The minimum Gasteiger partial charge on any atom is -0.481 e. The Morgan fingerprint density at radius 3 is 2.73 bits per heavy atom. The molecule has 3 nitrogen and oxygen atoms in total. The molecule has 0 aliphatic heterocycles. The third-order valence-corrected chi connectivity index (χ3v) is 3.31. The Morgan fingerprint density at radius 2 is 2.20 bits per heavy atom. The van der Waals surface area contributed by atoms with Crippen molar-refractivity contribution >= 4 is 32.7 Å². The monoisotopic (exact) mass is 294 g/mol. The van der Waals surface area contributed by atoms with Gasteiger partial charge < -0.3 is 5.11 Å². The number of hydrogen-bond donors (Lipinski definition) is 1. The second-order valence-electron chi connectivity index (χ2n) is 2.86. The van der Waals surface area contributed by atoms with E-state index >= 15 is 0 Å². The predicted molar refractivity (Wildman–Crippen MR) is 58.4 cm³/mol. The highest BCUT2D eigenvalue weighted by Gasteiger charge is 2.10. The van der Waals surface area contributed by atoms with Crippen LogP contribution in [0.5, 0.6) is 0 Å². The molecule has 1 unspecified atom stereocenters. The molecule has 1 aromatic carbocycles. The van der Waals surface area contributed by atoms with Gasteiger partial charge in [0.15, 0.2) is 0 Å². The van der Waals surface area contributed by atoms with Crippen molar-refractivity contribution in [3.8, 4) is 0 Å². The summed E-state index contributed by atoms with van der Waals surface area (Å²) in [6, 6.07) is 4.36. The van der Waals surface area contributed by atoms with Crippen LogP contribution in [-0.4, -0.2) is 21.0 Å². The molecule has 1 atom stereocenters. The van der Waals surface area contributed by atoms with Gasteiger partial charge in [-0.15, -0.1) is 0 Å². The van der Waals surface area contributed by atoms with Crippen LogP contribution in [0, 0.1) is 5.82 Å². The third kappa shape index (κ3) is 4.09. The quantitative estimate of drug-likeness (QED) is 0.923. The van der Waals surface area contributed by atoms with Crippen molar-refractivity contribution in [2.75, 3.05) is 5.75 Å². The van der Waals surface area contributed by atoms with E-state index in [1.54, 1.807) is 6.07 Å². The number of carboxylic acids is 1.